The number of nitrogens with zero attached hydrogens (tertiary/aromatic N) is 4. The molecule has 0 aliphatic heterocycles. The molecule has 4 aromatic rings. The van der Waals surface area contributed by atoms with Gasteiger partial charge in [0.15, 0.2) is 0 Å². The lowest BCUT2D eigenvalue weighted by atomic mass is 10.0. The molecule has 1 aromatic carbocycles. The first-order valence-electron chi connectivity index (χ1n) is 10.4. The Bertz CT molecular complexity index is 1350. The third-order valence-electron chi connectivity index (χ3n) is 6.00. The molecule has 3 heterocycles. The molecule has 5 rings (SSSR count). The summed E-state index contributed by atoms with van der Waals surface area (Å²) in [5.74, 6) is 1.76. The maximum absolute atomic E-state index is 12.7. The lowest BCUT2D eigenvalue weighted by molar-refractivity contribution is -0.117. The van der Waals surface area contributed by atoms with Crippen molar-refractivity contribution in [2.45, 2.75) is 19.3 Å². The first kappa shape index (κ1) is 20.0. The van der Waals surface area contributed by atoms with Crippen LogP contribution < -0.4 is 15.8 Å². The number of benzene rings is 1. The number of aryl methyl sites for hydroxylation is 2. The first-order valence-corrected chi connectivity index (χ1v) is 10.4. The van der Waals surface area contributed by atoms with E-state index in [0.717, 1.165) is 45.3 Å². The average molecular weight is 428 g/mol. The van der Waals surface area contributed by atoms with Gasteiger partial charge in [-0.1, -0.05) is 6.07 Å². The molecule has 1 amide bonds. The molecule has 1 aliphatic rings. The maximum Gasteiger partial charge on any atom is 0.229 e. The van der Waals surface area contributed by atoms with Gasteiger partial charge in [-0.3, -0.25) is 9.48 Å². The molecule has 2 unspecified atom stereocenters. The Hall–Kier alpha value is -3.94. The fourth-order valence-electron chi connectivity index (χ4n) is 4.09. The summed E-state index contributed by atoms with van der Waals surface area (Å²) in [6.45, 7) is 2.02. The van der Waals surface area contributed by atoms with E-state index in [0.29, 0.717) is 11.6 Å². The zero-order valence-electron chi connectivity index (χ0n) is 18.2. The number of anilines is 2. The number of nitrogens with one attached hydrogen (secondary N) is 1. The molecule has 2 atom stereocenters. The van der Waals surface area contributed by atoms with Crippen molar-refractivity contribution in [2.24, 2.45) is 13.0 Å². The Kier molecular flexibility index (Phi) is 4.77. The summed E-state index contributed by atoms with van der Waals surface area (Å²) in [6, 6.07) is 9.64. The predicted octanol–water partition coefficient (Wildman–Crippen LogP) is 3.67. The summed E-state index contributed by atoms with van der Waals surface area (Å²) < 4.78 is 7.12. The van der Waals surface area contributed by atoms with Gasteiger partial charge in [0.2, 0.25) is 5.91 Å². The molecule has 1 aliphatic carbocycles. The number of nitrogens with two attached hydrogens (primary N) is 1. The summed E-state index contributed by atoms with van der Waals surface area (Å²) in [4.78, 5) is 21.7. The smallest absolute Gasteiger partial charge is 0.229 e. The summed E-state index contributed by atoms with van der Waals surface area (Å²) in [5, 5.41) is 8.75. The van der Waals surface area contributed by atoms with E-state index in [1.807, 2.05) is 56.7 Å². The van der Waals surface area contributed by atoms with Crippen molar-refractivity contribution in [3.8, 4) is 17.0 Å². The standard InChI is InChI=1S/C24H24N6O2/c1-13-4-5-16(32-3)8-17(13)21-6-14-7-22(26-11-20(14)23(25)28-21)29-24(31)19-9-18(19)15-10-27-30(2)12-15/h4-8,10-12,18-19H,9H2,1-3H3,(H2,25,28)(H,26,29,31). The zero-order chi connectivity index (χ0) is 22.4. The Morgan fingerprint density at radius 3 is 2.84 bits per heavy atom. The third-order valence-corrected chi connectivity index (χ3v) is 6.00. The number of carbonyl (C=O) groups is 1. The van der Waals surface area contributed by atoms with E-state index in [-0.39, 0.29) is 17.7 Å². The highest BCUT2D eigenvalue weighted by Gasteiger charge is 2.44. The van der Waals surface area contributed by atoms with Crippen LogP contribution in [0.4, 0.5) is 11.6 Å². The van der Waals surface area contributed by atoms with Crippen molar-refractivity contribution in [1.29, 1.82) is 0 Å². The van der Waals surface area contributed by atoms with E-state index < -0.39 is 0 Å². The molecule has 0 spiro atoms. The number of fused-ring (bicyclic) bond motifs is 1. The molecular weight excluding hydrogens is 404 g/mol. The Balaban J connectivity index is 1.42. The van der Waals surface area contributed by atoms with Gasteiger partial charge in [-0.2, -0.15) is 5.10 Å². The molecular formula is C24H24N6O2. The van der Waals surface area contributed by atoms with Crippen LogP contribution in [0.2, 0.25) is 0 Å². The fraction of sp³-hybridized carbons (Fsp3) is 0.250. The van der Waals surface area contributed by atoms with Crippen molar-refractivity contribution in [3.05, 3.63) is 60.0 Å². The first-order chi connectivity index (χ1) is 15.4. The molecule has 162 valence electrons. The number of pyridine rings is 2. The van der Waals surface area contributed by atoms with Gasteiger partial charge in [-0.15, -0.1) is 0 Å². The zero-order valence-corrected chi connectivity index (χ0v) is 18.2. The minimum atomic E-state index is -0.0609. The summed E-state index contributed by atoms with van der Waals surface area (Å²) in [7, 11) is 3.51. The van der Waals surface area contributed by atoms with Crippen LogP contribution in [0.1, 0.15) is 23.5 Å². The molecule has 1 fully saturated rings. The second-order valence-electron chi connectivity index (χ2n) is 8.25. The number of ether oxygens (including phenoxy) is 1. The van der Waals surface area contributed by atoms with Crippen molar-refractivity contribution in [2.75, 3.05) is 18.2 Å². The van der Waals surface area contributed by atoms with Crippen LogP contribution in [-0.4, -0.2) is 32.8 Å². The number of methoxy groups -OCH3 is 1. The lowest BCUT2D eigenvalue weighted by Crippen LogP contribution is -2.15. The van der Waals surface area contributed by atoms with Crippen LogP contribution in [0.25, 0.3) is 22.0 Å². The highest BCUT2D eigenvalue weighted by atomic mass is 16.5. The lowest BCUT2D eigenvalue weighted by Gasteiger charge is -2.11. The summed E-state index contributed by atoms with van der Waals surface area (Å²) >= 11 is 0. The number of carbonyl (C=O) groups excluding carboxylic acids is 1. The maximum atomic E-state index is 12.7. The summed E-state index contributed by atoms with van der Waals surface area (Å²) in [6.07, 6.45) is 6.26. The molecule has 0 radical (unpaired) electrons. The molecule has 1 saturated carbocycles. The minimum Gasteiger partial charge on any atom is -0.497 e. The van der Waals surface area contributed by atoms with Crippen molar-refractivity contribution >= 4 is 28.3 Å². The number of aromatic nitrogens is 4. The molecule has 3 N–H and O–H groups in total. The van der Waals surface area contributed by atoms with E-state index in [9.17, 15) is 4.79 Å². The summed E-state index contributed by atoms with van der Waals surface area (Å²) in [5.41, 5.74) is 10.1. The molecule has 8 heteroatoms. The number of rotatable bonds is 5. The Morgan fingerprint density at radius 1 is 1.25 bits per heavy atom. The highest BCUT2D eigenvalue weighted by Crippen LogP contribution is 2.47. The van der Waals surface area contributed by atoms with E-state index in [1.54, 1.807) is 18.0 Å². The van der Waals surface area contributed by atoms with E-state index in [2.05, 4.69) is 20.4 Å². The van der Waals surface area contributed by atoms with Gasteiger partial charge in [0.05, 0.1) is 19.0 Å². The highest BCUT2D eigenvalue weighted by molar-refractivity contribution is 5.99. The van der Waals surface area contributed by atoms with Gasteiger partial charge in [-0.25, -0.2) is 9.97 Å². The monoisotopic (exact) mass is 428 g/mol. The average Bonchev–Trinajstić information content (AvgIpc) is 3.47. The number of nitrogen functional groups attached to an aromatic ring is 1. The van der Waals surface area contributed by atoms with Crippen LogP contribution >= 0.6 is 0 Å². The molecule has 0 saturated heterocycles. The van der Waals surface area contributed by atoms with Gasteiger partial charge in [0, 0.05) is 36.3 Å². The number of amides is 1. The Labute approximate surface area is 185 Å². The largest absolute Gasteiger partial charge is 0.497 e. The molecule has 8 nitrogen and oxygen atoms in total. The quantitative estimate of drug-likeness (QED) is 0.502. The second kappa shape index (κ2) is 7.64. The Morgan fingerprint density at radius 2 is 2.09 bits per heavy atom. The molecule has 3 aromatic heterocycles. The SMILES string of the molecule is COc1ccc(C)c(-c2cc3cc(NC(=O)C4CC4c4cnn(C)c4)ncc3c(N)n2)c1. The van der Waals surface area contributed by atoms with E-state index in [4.69, 9.17) is 10.5 Å². The van der Waals surface area contributed by atoms with Crippen LogP contribution in [-0.2, 0) is 11.8 Å². The van der Waals surface area contributed by atoms with Crippen molar-refractivity contribution < 1.29 is 9.53 Å². The minimum absolute atomic E-state index is 0.0309. The predicted molar refractivity (Wildman–Crippen MR) is 123 cm³/mol. The fourth-order valence-corrected chi connectivity index (χ4v) is 4.09. The van der Waals surface area contributed by atoms with E-state index in [1.165, 1.54) is 0 Å². The molecule has 0 bridgehead atoms. The van der Waals surface area contributed by atoms with E-state index >= 15 is 0 Å². The number of hydrogen-bond donors (Lipinski definition) is 2. The topological polar surface area (TPSA) is 108 Å². The normalized spacial score (nSPS) is 17.3. The van der Waals surface area contributed by atoms with Gasteiger partial charge in [-0.05, 0) is 60.0 Å². The van der Waals surface area contributed by atoms with Crippen LogP contribution in [0, 0.1) is 12.8 Å². The van der Waals surface area contributed by atoms with Crippen molar-refractivity contribution in [1.82, 2.24) is 19.7 Å². The van der Waals surface area contributed by atoms with Crippen LogP contribution in [0.5, 0.6) is 5.75 Å². The van der Waals surface area contributed by atoms with Crippen LogP contribution in [0.3, 0.4) is 0 Å². The number of hydrogen-bond acceptors (Lipinski definition) is 6. The van der Waals surface area contributed by atoms with Crippen LogP contribution in [0.15, 0.2) is 48.9 Å². The third kappa shape index (κ3) is 3.64. The van der Waals surface area contributed by atoms with Crippen molar-refractivity contribution in [3.63, 3.8) is 0 Å². The molecule has 32 heavy (non-hydrogen) atoms. The van der Waals surface area contributed by atoms with Gasteiger partial charge >= 0.3 is 0 Å². The second-order valence-corrected chi connectivity index (χ2v) is 8.25. The van der Waals surface area contributed by atoms with Gasteiger partial charge in [0.1, 0.15) is 17.4 Å². The van der Waals surface area contributed by atoms with Gasteiger partial charge in [0.25, 0.3) is 0 Å². The van der Waals surface area contributed by atoms with Gasteiger partial charge < -0.3 is 15.8 Å².